The van der Waals surface area contributed by atoms with Crippen LogP contribution in [0.2, 0.25) is 0 Å². The van der Waals surface area contributed by atoms with Crippen LogP contribution in [-0.2, 0) is 9.53 Å². The molecule has 8 nitrogen and oxygen atoms in total. The summed E-state index contributed by atoms with van der Waals surface area (Å²) in [5.74, 6) is 0.224. The van der Waals surface area contributed by atoms with Crippen LogP contribution in [0.3, 0.4) is 0 Å². The van der Waals surface area contributed by atoms with Gasteiger partial charge in [-0.2, -0.15) is 0 Å². The number of hydrogen-bond acceptors (Lipinski definition) is 5. The summed E-state index contributed by atoms with van der Waals surface area (Å²) < 4.78 is 46.3. The van der Waals surface area contributed by atoms with Gasteiger partial charge in [0.05, 0.1) is 18.3 Å². The lowest BCUT2D eigenvalue weighted by molar-refractivity contribution is -0.274. The first-order valence-electron chi connectivity index (χ1n) is 10.3. The van der Waals surface area contributed by atoms with Gasteiger partial charge in [0.1, 0.15) is 12.3 Å². The van der Waals surface area contributed by atoms with Gasteiger partial charge in [0.2, 0.25) is 5.91 Å². The molecule has 172 valence electrons. The molecule has 1 aliphatic carbocycles. The molecule has 2 N–H and O–H groups in total. The normalized spacial score (nSPS) is 19.7. The Morgan fingerprint density at radius 2 is 2.00 bits per heavy atom. The molecular formula is C21H23F3N4O4. The summed E-state index contributed by atoms with van der Waals surface area (Å²) in [6.45, 7) is -0.0993. The molecule has 1 aromatic carbocycles. The summed E-state index contributed by atoms with van der Waals surface area (Å²) >= 11 is 0. The SMILES string of the molecule is COCC(NC(=O)N1CC(=O)NC2=C1N=C(C1CC1)CC2)c1ccc(OC(F)(F)F)cc1. The minimum Gasteiger partial charge on any atom is -0.406 e. The molecule has 2 aliphatic heterocycles. The minimum absolute atomic E-state index is 0.0771. The third-order valence-corrected chi connectivity index (χ3v) is 5.44. The van der Waals surface area contributed by atoms with E-state index in [1.165, 1.54) is 36.3 Å². The molecule has 3 amide bonds. The maximum absolute atomic E-state index is 13.1. The molecule has 0 saturated heterocycles. The average Bonchev–Trinajstić information content (AvgIpc) is 3.57. The summed E-state index contributed by atoms with van der Waals surface area (Å²) in [7, 11) is 1.45. The second-order valence-corrected chi connectivity index (χ2v) is 7.89. The highest BCUT2D eigenvalue weighted by Gasteiger charge is 2.36. The molecule has 1 fully saturated rings. The van der Waals surface area contributed by atoms with Crippen LogP contribution < -0.4 is 15.4 Å². The molecule has 3 aliphatic rings. The van der Waals surface area contributed by atoms with Crippen LogP contribution in [0.4, 0.5) is 18.0 Å². The van der Waals surface area contributed by atoms with Crippen molar-refractivity contribution in [1.82, 2.24) is 15.5 Å². The van der Waals surface area contributed by atoms with E-state index in [1.54, 1.807) is 0 Å². The molecule has 0 spiro atoms. The van der Waals surface area contributed by atoms with E-state index in [1.807, 2.05) is 0 Å². The highest BCUT2D eigenvalue weighted by molar-refractivity contribution is 5.94. The van der Waals surface area contributed by atoms with Crippen molar-refractivity contribution in [2.45, 2.75) is 38.1 Å². The lowest BCUT2D eigenvalue weighted by Crippen LogP contribution is -2.51. The Bertz CT molecular complexity index is 955. The largest absolute Gasteiger partial charge is 0.573 e. The van der Waals surface area contributed by atoms with Crippen molar-refractivity contribution >= 4 is 17.6 Å². The van der Waals surface area contributed by atoms with Crippen molar-refractivity contribution in [3.05, 3.63) is 41.3 Å². The molecule has 1 saturated carbocycles. The molecule has 1 aromatic rings. The van der Waals surface area contributed by atoms with Crippen LogP contribution in [-0.4, -0.2) is 49.2 Å². The molecule has 2 heterocycles. The summed E-state index contributed by atoms with van der Waals surface area (Å²) in [6.07, 6.45) is -1.24. The van der Waals surface area contributed by atoms with Crippen molar-refractivity contribution in [3.63, 3.8) is 0 Å². The van der Waals surface area contributed by atoms with Crippen LogP contribution in [0.5, 0.6) is 5.75 Å². The highest BCUT2D eigenvalue weighted by Crippen LogP contribution is 2.36. The third-order valence-electron chi connectivity index (χ3n) is 5.44. The number of rotatable bonds is 6. The summed E-state index contributed by atoms with van der Waals surface area (Å²) in [6, 6.07) is 3.98. The number of allylic oxidation sites excluding steroid dienone is 1. The summed E-state index contributed by atoms with van der Waals surface area (Å²) in [5, 5.41) is 5.60. The Labute approximate surface area is 182 Å². The second kappa shape index (κ2) is 8.81. The predicted octanol–water partition coefficient (Wildman–Crippen LogP) is 3.23. The fraction of sp³-hybridized carbons (Fsp3) is 0.476. The predicted molar refractivity (Wildman–Crippen MR) is 108 cm³/mol. The maximum Gasteiger partial charge on any atom is 0.573 e. The fourth-order valence-electron chi connectivity index (χ4n) is 3.79. The Balaban J connectivity index is 1.51. The quantitative estimate of drug-likeness (QED) is 0.693. The van der Waals surface area contributed by atoms with Crippen LogP contribution in [0.15, 0.2) is 40.8 Å². The summed E-state index contributed by atoms with van der Waals surface area (Å²) in [5.41, 5.74) is 2.19. The van der Waals surface area contributed by atoms with Gasteiger partial charge in [0.25, 0.3) is 0 Å². The average molecular weight is 452 g/mol. The molecular weight excluding hydrogens is 429 g/mol. The number of benzene rings is 1. The highest BCUT2D eigenvalue weighted by atomic mass is 19.4. The fourth-order valence-corrected chi connectivity index (χ4v) is 3.79. The molecule has 4 rings (SSSR count). The van der Waals surface area contributed by atoms with Crippen molar-refractivity contribution in [2.75, 3.05) is 20.3 Å². The molecule has 0 bridgehead atoms. The molecule has 0 radical (unpaired) electrons. The van der Waals surface area contributed by atoms with Gasteiger partial charge in [0, 0.05) is 12.8 Å². The molecule has 1 unspecified atom stereocenters. The van der Waals surface area contributed by atoms with Gasteiger partial charge in [-0.15, -0.1) is 13.2 Å². The third kappa shape index (κ3) is 5.21. The molecule has 1 atom stereocenters. The van der Waals surface area contributed by atoms with Gasteiger partial charge in [-0.3, -0.25) is 9.69 Å². The van der Waals surface area contributed by atoms with E-state index in [-0.39, 0.29) is 24.8 Å². The zero-order chi connectivity index (χ0) is 22.9. The lowest BCUT2D eigenvalue weighted by atomic mass is 10.0. The van der Waals surface area contributed by atoms with Crippen molar-refractivity contribution in [3.8, 4) is 5.75 Å². The van der Waals surface area contributed by atoms with Crippen molar-refractivity contribution in [2.24, 2.45) is 10.9 Å². The molecule has 0 aromatic heterocycles. The van der Waals surface area contributed by atoms with Gasteiger partial charge in [-0.05, 0) is 49.3 Å². The minimum atomic E-state index is -4.79. The number of nitrogens with one attached hydrogen (secondary N) is 2. The molecule has 11 heteroatoms. The number of nitrogens with zero attached hydrogens (tertiary/aromatic N) is 2. The van der Waals surface area contributed by atoms with Crippen LogP contribution in [0.1, 0.15) is 37.3 Å². The Hall–Kier alpha value is -3.08. The van der Waals surface area contributed by atoms with Crippen LogP contribution >= 0.6 is 0 Å². The first kappa shape index (κ1) is 22.1. The Morgan fingerprint density at radius 1 is 1.28 bits per heavy atom. The van der Waals surface area contributed by atoms with E-state index >= 15 is 0 Å². The van der Waals surface area contributed by atoms with Crippen LogP contribution in [0.25, 0.3) is 0 Å². The smallest absolute Gasteiger partial charge is 0.406 e. The van der Waals surface area contributed by atoms with E-state index in [0.717, 1.165) is 25.0 Å². The first-order valence-corrected chi connectivity index (χ1v) is 10.3. The number of carbonyl (C=O) groups is 2. The van der Waals surface area contributed by atoms with Gasteiger partial charge >= 0.3 is 12.4 Å². The number of ether oxygens (including phenoxy) is 2. The van der Waals surface area contributed by atoms with Crippen molar-refractivity contribution < 1.29 is 32.2 Å². The van der Waals surface area contributed by atoms with Crippen LogP contribution in [0, 0.1) is 5.92 Å². The topological polar surface area (TPSA) is 92.3 Å². The maximum atomic E-state index is 13.1. The van der Waals surface area contributed by atoms with Gasteiger partial charge in [0.15, 0.2) is 5.82 Å². The van der Waals surface area contributed by atoms with E-state index in [4.69, 9.17) is 4.74 Å². The number of carbonyl (C=O) groups excluding carboxylic acids is 2. The Morgan fingerprint density at radius 3 is 2.62 bits per heavy atom. The zero-order valence-electron chi connectivity index (χ0n) is 17.4. The number of urea groups is 1. The number of halogens is 3. The standard InChI is InChI=1S/C21H23F3N4O4/c1-31-11-17(13-4-6-14(7-5-13)32-21(22,23)24)27-20(30)28-10-18(29)25-16-9-8-15(12-2-3-12)26-19(16)28/h4-7,12,17H,2-3,8-11H2,1H3,(H,25,29)(H,27,30). The van der Waals surface area contributed by atoms with Crippen molar-refractivity contribution in [1.29, 1.82) is 0 Å². The summed E-state index contributed by atoms with van der Waals surface area (Å²) in [4.78, 5) is 31.2. The van der Waals surface area contributed by atoms with E-state index in [9.17, 15) is 22.8 Å². The number of alkyl halides is 3. The van der Waals surface area contributed by atoms with E-state index in [2.05, 4.69) is 20.4 Å². The van der Waals surface area contributed by atoms with E-state index in [0.29, 0.717) is 29.4 Å². The second-order valence-electron chi connectivity index (χ2n) is 7.89. The monoisotopic (exact) mass is 452 g/mol. The Kier molecular flexibility index (Phi) is 6.09. The van der Waals surface area contributed by atoms with Gasteiger partial charge in [-0.25, -0.2) is 9.79 Å². The van der Waals surface area contributed by atoms with E-state index < -0.39 is 18.4 Å². The lowest BCUT2D eigenvalue weighted by Gasteiger charge is -2.33. The first-order chi connectivity index (χ1) is 15.2. The number of hydrogen-bond donors (Lipinski definition) is 2. The number of amides is 3. The number of methoxy groups -OCH3 is 1. The van der Waals surface area contributed by atoms with Gasteiger partial charge < -0.3 is 20.1 Å². The van der Waals surface area contributed by atoms with Gasteiger partial charge in [-0.1, -0.05) is 12.1 Å². The number of aliphatic imine (C=N–C) groups is 1. The molecule has 32 heavy (non-hydrogen) atoms. The zero-order valence-corrected chi connectivity index (χ0v) is 17.4.